The van der Waals surface area contributed by atoms with Gasteiger partial charge in [-0.05, 0) is 32.9 Å². The maximum Gasteiger partial charge on any atom is 0.344 e. The van der Waals surface area contributed by atoms with Gasteiger partial charge in [0.2, 0.25) is 0 Å². The van der Waals surface area contributed by atoms with Crippen LogP contribution in [-0.4, -0.2) is 21.7 Å². The van der Waals surface area contributed by atoms with Crippen molar-refractivity contribution in [2.24, 2.45) is 0 Å². The third-order valence-electron chi connectivity index (χ3n) is 2.88. The Morgan fingerprint density at radius 2 is 2.18 bits per heavy atom. The highest BCUT2D eigenvalue weighted by Crippen LogP contribution is 2.17. The second-order valence-corrected chi connectivity index (χ2v) is 5.97. The quantitative estimate of drug-likeness (QED) is 0.845. The number of aliphatic hydroxyl groups excluding tert-OH is 1. The lowest BCUT2D eigenvalue weighted by Gasteiger charge is -2.19. The molecule has 0 aromatic carbocycles. The van der Waals surface area contributed by atoms with Gasteiger partial charge in [0.25, 0.3) is 0 Å². The number of aromatic amines is 1. The number of hydrogen-bond acceptors (Lipinski definition) is 5. The number of aliphatic hydroxyl groups is 1. The number of nitrogens with one attached hydrogen (secondary N) is 1. The monoisotopic (exact) mass is 305 g/mol. The normalized spacial score (nSPS) is 12.9. The van der Waals surface area contributed by atoms with Gasteiger partial charge in [0.15, 0.2) is 5.43 Å². The molecule has 0 bridgehead atoms. The van der Waals surface area contributed by atoms with E-state index < -0.39 is 23.1 Å². The Bertz CT molecular complexity index is 694. The van der Waals surface area contributed by atoms with E-state index in [1.165, 1.54) is 18.5 Å². The maximum atomic E-state index is 12.0. The van der Waals surface area contributed by atoms with Crippen molar-refractivity contribution in [1.82, 2.24) is 4.98 Å². The Morgan fingerprint density at radius 1 is 1.45 bits per heavy atom. The predicted molar refractivity (Wildman–Crippen MR) is 79.6 cm³/mol. The van der Waals surface area contributed by atoms with Gasteiger partial charge in [-0.3, -0.25) is 4.79 Å². The van der Waals surface area contributed by atoms with E-state index >= 15 is 0 Å². The van der Waals surface area contributed by atoms with E-state index in [0.29, 0.717) is 11.5 Å². The number of ether oxygens (including phenoxy) is 1. The Morgan fingerprint density at radius 3 is 2.73 bits per heavy atom. The van der Waals surface area contributed by atoms with Gasteiger partial charge in [-0.15, -0.1) is 0 Å². The molecular weight excluding hydrogens is 286 g/mol. The van der Waals surface area contributed by atoms with Gasteiger partial charge in [-0.1, -0.05) is 0 Å². The molecule has 0 aliphatic carbocycles. The number of H-pyrrole nitrogens is 1. The summed E-state index contributed by atoms with van der Waals surface area (Å²) in [6.45, 7) is 5.19. The molecule has 2 aromatic rings. The van der Waals surface area contributed by atoms with Crippen molar-refractivity contribution in [3.8, 4) is 0 Å². The van der Waals surface area contributed by atoms with Gasteiger partial charge in [0.05, 0.1) is 6.26 Å². The number of carbonyl (C=O) groups excluding carboxylic acids is 1. The lowest BCUT2D eigenvalue weighted by molar-refractivity contribution is 0.00676. The zero-order valence-corrected chi connectivity index (χ0v) is 12.8. The second kappa shape index (κ2) is 6.19. The molecule has 2 N–H and O–H groups in total. The van der Waals surface area contributed by atoms with Gasteiger partial charge < -0.3 is 19.2 Å². The zero-order valence-electron chi connectivity index (χ0n) is 12.8. The summed E-state index contributed by atoms with van der Waals surface area (Å²) in [4.78, 5) is 26.7. The fourth-order valence-corrected chi connectivity index (χ4v) is 1.91. The van der Waals surface area contributed by atoms with E-state index in [1.54, 1.807) is 32.9 Å². The topological polar surface area (TPSA) is 92.5 Å². The number of furan rings is 1. The Balaban J connectivity index is 2.13. The van der Waals surface area contributed by atoms with E-state index in [9.17, 15) is 14.7 Å². The minimum Gasteiger partial charge on any atom is -0.467 e. The number of rotatable bonds is 4. The largest absolute Gasteiger partial charge is 0.467 e. The van der Waals surface area contributed by atoms with E-state index in [-0.39, 0.29) is 12.0 Å². The number of aromatic nitrogens is 1. The first kappa shape index (κ1) is 16.0. The molecule has 1 unspecified atom stereocenters. The number of pyridine rings is 1. The Labute approximate surface area is 127 Å². The molecule has 0 spiro atoms. The molecule has 0 saturated carbocycles. The minimum absolute atomic E-state index is 0.0637. The summed E-state index contributed by atoms with van der Waals surface area (Å²) >= 11 is 0. The second-order valence-electron chi connectivity index (χ2n) is 5.97. The molecule has 6 heteroatoms. The molecule has 6 nitrogen and oxygen atoms in total. The van der Waals surface area contributed by atoms with Crippen LogP contribution in [0.1, 0.15) is 48.7 Å². The standard InChI is InChI=1S/C16H19NO5/c1-16(2,3)22-15(20)11-9-17-10(7-12(11)18)8-13(19)14-5-4-6-21-14/h4-7,9,13,19H,8H2,1-3H3,(H,17,18). The zero-order chi connectivity index (χ0) is 16.3. The average molecular weight is 305 g/mol. The highest BCUT2D eigenvalue weighted by molar-refractivity contribution is 5.89. The molecular formula is C16H19NO5. The van der Waals surface area contributed by atoms with Crippen LogP contribution in [0.25, 0.3) is 0 Å². The molecule has 2 rings (SSSR count). The fourth-order valence-electron chi connectivity index (χ4n) is 1.91. The number of carbonyl (C=O) groups is 1. The van der Waals surface area contributed by atoms with Gasteiger partial charge in [0.1, 0.15) is 23.0 Å². The van der Waals surface area contributed by atoms with Crippen LogP contribution >= 0.6 is 0 Å². The lowest BCUT2D eigenvalue weighted by atomic mass is 10.1. The van der Waals surface area contributed by atoms with Crippen LogP contribution in [0.3, 0.4) is 0 Å². The maximum absolute atomic E-state index is 12.0. The minimum atomic E-state index is -0.863. The molecule has 0 aliphatic heterocycles. The van der Waals surface area contributed by atoms with Gasteiger partial charge >= 0.3 is 5.97 Å². The first-order chi connectivity index (χ1) is 10.3. The average Bonchev–Trinajstić information content (AvgIpc) is 2.90. The van der Waals surface area contributed by atoms with E-state index in [0.717, 1.165) is 0 Å². The van der Waals surface area contributed by atoms with Crippen molar-refractivity contribution in [2.75, 3.05) is 0 Å². The van der Waals surface area contributed by atoms with Gasteiger partial charge in [-0.25, -0.2) is 4.79 Å². The van der Waals surface area contributed by atoms with Crippen LogP contribution < -0.4 is 5.43 Å². The van der Waals surface area contributed by atoms with Crippen LogP contribution in [0.15, 0.2) is 39.9 Å². The summed E-state index contributed by atoms with van der Waals surface area (Å²) < 4.78 is 10.3. The summed E-state index contributed by atoms with van der Waals surface area (Å²) in [7, 11) is 0. The highest BCUT2D eigenvalue weighted by atomic mass is 16.6. The summed E-state index contributed by atoms with van der Waals surface area (Å²) in [5, 5.41) is 9.98. The van der Waals surface area contributed by atoms with Crippen molar-refractivity contribution in [3.63, 3.8) is 0 Å². The van der Waals surface area contributed by atoms with Crippen LogP contribution in [0.5, 0.6) is 0 Å². The molecule has 2 heterocycles. The number of hydrogen-bond donors (Lipinski definition) is 2. The molecule has 0 aliphatic rings. The summed E-state index contributed by atoms with van der Waals surface area (Å²) in [6, 6.07) is 4.61. The number of esters is 1. The van der Waals surface area contributed by atoms with Crippen LogP contribution in [0.2, 0.25) is 0 Å². The van der Waals surface area contributed by atoms with Crippen LogP contribution in [0, 0.1) is 0 Å². The van der Waals surface area contributed by atoms with Crippen LogP contribution in [0.4, 0.5) is 0 Å². The van der Waals surface area contributed by atoms with Crippen molar-refractivity contribution in [1.29, 1.82) is 0 Å². The summed E-state index contributed by atoms with van der Waals surface area (Å²) in [6.07, 6.45) is 2.09. The molecule has 0 radical (unpaired) electrons. The SMILES string of the molecule is CC(C)(C)OC(=O)c1c[nH]c(CC(O)c2ccco2)cc1=O. The van der Waals surface area contributed by atoms with E-state index in [4.69, 9.17) is 9.15 Å². The van der Waals surface area contributed by atoms with E-state index in [1.807, 2.05) is 0 Å². The molecule has 0 saturated heterocycles. The molecule has 1 atom stereocenters. The first-order valence-electron chi connectivity index (χ1n) is 6.93. The lowest BCUT2D eigenvalue weighted by Crippen LogP contribution is -2.27. The first-order valence-corrected chi connectivity index (χ1v) is 6.93. The van der Waals surface area contributed by atoms with Crippen molar-refractivity contribution < 1.29 is 19.1 Å². The molecule has 0 amide bonds. The van der Waals surface area contributed by atoms with Gasteiger partial charge in [0, 0.05) is 24.4 Å². The van der Waals surface area contributed by atoms with Crippen LogP contribution in [-0.2, 0) is 11.2 Å². The third-order valence-corrected chi connectivity index (χ3v) is 2.88. The third kappa shape index (κ3) is 4.08. The Kier molecular flexibility index (Phi) is 4.51. The predicted octanol–water partition coefficient (Wildman–Crippen LogP) is 2.20. The summed E-state index contributed by atoms with van der Waals surface area (Å²) in [5.41, 5.74) is -0.681. The van der Waals surface area contributed by atoms with Crippen molar-refractivity contribution in [3.05, 3.63) is 57.9 Å². The Hall–Kier alpha value is -2.34. The summed E-state index contributed by atoms with van der Waals surface area (Å²) in [5.74, 6) is -0.260. The highest BCUT2D eigenvalue weighted by Gasteiger charge is 2.21. The molecule has 118 valence electrons. The van der Waals surface area contributed by atoms with Gasteiger partial charge in [-0.2, -0.15) is 0 Å². The molecule has 22 heavy (non-hydrogen) atoms. The van der Waals surface area contributed by atoms with Crippen molar-refractivity contribution >= 4 is 5.97 Å². The van der Waals surface area contributed by atoms with Crippen molar-refractivity contribution in [2.45, 2.75) is 38.9 Å². The van der Waals surface area contributed by atoms with E-state index in [2.05, 4.69) is 4.98 Å². The fraction of sp³-hybridized carbons (Fsp3) is 0.375. The molecule has 0 fully saturated rings. The smallest absolute Gasteiger partial charge is 0.344 e. The molecule has 2 aromatic heterocycles.